The lowest BCUT2D eigenvalue weighted by molar-refractivity contribution is -0.107. The molecule has 5 heteroatoms. The Morgan fingerprint density at radius 3 is 2.56 bits per heavy atom. The van der Waals surface area contributed by atoms with Gasteiger partial charge in [-0.2, -0.15) is 0 Å². The Hall–Kier alpha value is -1.52. The molecule has 0 unspecified atom stereocenters. The fraction of sp³-hybridized carbons (Fsp3) is 0.462. The Labute approximate surface area is 103 Å². The zero-order chi connectivity index (χ0) is 13.2. The maximum atomic E-state index is 13.8. The highest BCUT2D eigenvalue weighted by Gasteiger charge is 2.35. The minimum Gasteiger partial charge on any atom is -0.368 e. The van der Waals surface area contributed by atoms with Crippen LogP contribution >= 0.6 is 0 Å². The molecule has 0 amide bonds. The van der Waals surface area contributed by atoms with Gasteiger partial charge in [0.05, 0.1) is 5.69 Å². The molecule has 0 spiro atoms. The van der Waals surface area contributed by atoms with Crippen LogP contribution in [0.1, 0.15) is 18.4 Å². The fourth-order valence-electron chi connectivity index (χ4n) is 2.23. The molecular weight excluding hydrogens is 243 g/mol. The van der Waals surface area contributed by atoms with Gasteiger partial charge in [0.15, 0.2) is 0 Å². The number of hydrogen-bond donors (Lipinski definition) is 0. The molecule has 1 aliphatic heterocycles. The molecular formula is C13H14F3NO. The molecule has 98 valence electrons. The quantitative estimate of drug-likeness (QED) is 0.776. The van der Waals surface area contributed by atoms with Crippen molar-refractivity contribution >= 4 is 12.0 Å². The summed E-state index contributed by atoms with van der Waals surface area (Å²) in [5.41, 5.74) is 0.843. The molecule has 0 radical (unpaired) electrons. The molecule has 2 rings (SSSR count). The van der Waals surface area contributed by atoms with Crippen LogP contribution < -0.4 is 4.90 Å². The van der Waals surface area contributed by atoms with Crippen LogP contribution in [0.25, 0.3) is 0 Å². The van der Waals surface area contributed by atoms with E-state index in [0.717, 1.165) is 0 Å². The van der Waals surface area contributed by atoms with E-state index in [1.54, 1.807) is 11.0 Å². The van der Waals surface area contributed by atoms with Crippen LogP contribution in [-0.2, 0) is 11.2 Å². The molecule has 18 heavy (non-hydrogen) atoms. The number of piperidine rings is 1. The predicted molar refractivity (Wildman–Crippen MR) is 62.6 cm³/mol. The summed E-state index contributed by atoms with van der Waals surface area (Å²) in [5, 5.41) is 0. The maximum Gasteiger partial charge on any atom is 0.251 e. The standard InChI is InChI=1S/C13H14F3NO/c14-11-3-1-2-10(4-9-18)12(11)17-7-5-13(15,16)6-8-17/h1-3,9H,4-8H2. The number of anilines is 1. The lowest BCUT2D eigenvalue weighted by atomic mass is 10.0. The summed E-state index contributed by atoms with van der Waals surface area (Å²) in [6.45, 7) is 0.222. The number of nitrogens with zero attached hydrogens (tertiary/aromatic N) is 1. The van der Waals surface area contributed by atoms with E-state index in [-0.39, 0.29) is 32.4 Å². The van der Waals surface area contributed by atoms with E-state index in [9.17, 15) is 18.0 Å². The second-order valence-electron chi connectivity index (χ2n) is 4.46. The zero-order valence-corrected chi connectivity index (χ0v) is 9.83. The minimum absolute atomic E-state index is 0.0972. The van der Waals surface area contributed by atoms with Gasteiger partial charge < -0.3 is 9.69 Å². The highest BCUT2D eigenvalue weighted by molar-refractivity contribution is 5.64. The summed E-state index contributed by atoms with van der Waals surface area (Å²) in [4.78, 5) is 12.2. The third kappa shape index (κ3) is 2.66. The van der Waals surface area contributed by atoms with Gasteiger partial charge >= 0.3 is 0 Å². The topological polar surface area (TPSA) is 20.3 Å². The molecule has 0 N–H and O–H groups in total. The lowest BCUT2D eigenvalue weighted by Crippen LogP contribution is -2.40. The maximum absolute atomic E-state index is 13.8. The molecule has 1 aliphatic rings. The molecule has 1 fully saturated rings. The number of hydrogen-bond acceptors (Lipinski definition) is 2. The van der Waals surface area contributed by atoms with Crippen LogP contribution in [0.5, 0.6) is 0 Å². The fourth-order valence-corrected chi connectivity index (χ4v) is 2.23. The van der Waals surface area contributed by atoms with Crippen molar-refractivity contribution in [1.82, 2.24) is 0 Å². The number of aldehydes is 1. The molecule has 0 aliphatic carbocycles. The van der Waals surface area contributed by atoms with E-state index < -0.39 is 11.7 Å². The summed E-state index contributed by atoms with van der Waals surface area (Å²) < 4.78 is 39.9. The average Bonchev–Trinajstić information content (AvgIpc) is 2.31. The summed E-state index contributed by atoms with van der Waals surface area (Å²) in [5.74, 6) is -3.12. The van der Waals surface area contributed by atoms with E-state index in [1.807, 2.05) is 0 Å². The molecule has 1 aromatic carbocycles. The van der Waals surface area contributed by atoms with Gasteiger partial charge in [-0.3, -0.25) is 0 Å². The molecule has 1 saturated heterocycles. The summed E-state index contributed by atoms with van der Waals surface area (Å²) in [6, 6.07) is 4.46. The largest absolute Gasteiger partial charge is 0.368 e. The first-order chi connectivity index (χ1) is 8.53. The lowest BCUT2D eigenvalue weighted by Gasteiger charge is -2.34. The SMILES string of the molecule is O=CCc1cccc(F)c1N1CCC(F)(F)CC1. The van der Waals surface area contributed by atoms with Crippen LogP contribution in [0.15, 0.2) is 18.2 Å². The summed E-state index contributed by atoms with van der Waals surface area (Å²) in [6.07, 6.45) is 0.237. The van der Waals surface area contributed by atoms with Gasteiger partial charge in [-0.25, -0.2) is 13.2 Å². The van der Waals surface area contributed by atoms with E-state index in [2.05, 4.69) is 0 Å². The first-order valence-corrected chi connectivity index (χ1v) is 5.87. The Balaban J connectivity index is 2.25. The molecule has 2 nitrogen and oxygen atoms in total. The smallest absolute Gasteiger partial charge is 0.251 e. The second kappa shape index (κ2) is 5.00. The number of halogens is 3. The Kier molecular flexibility index (Phi) is 3.59. The molecule has 0 bridgehead atoms. The molecule has 1 aromatic rings. The normalized spacial score (nSPS) is 18.7. The molecule has 0 aromatic heterocycles. The van der Waals surface area contributed by atoms with E-state index >= 15 is 0 Å². The summed E-state index contributed by atoms with van der Waals surface area (Å²) in [7, 11) is 0. The number of carbonyl (C=O) groups excluding carboxylic acids is 1. The van der Waals surface area contributed by atoms with Crippen molar-refractivity contribution in [3.05, 3.63) is 29.6 Å². The van der Waals surface area contributed by atoms with E-state index in [0.29, 0.717) is 17.5 Å². The predicted octanol–water partition coefficient (Wildman–Crippen LogP) is 2.80. The van der Waals surface area contributed by atoms with Gasteiger partial charge in [0.2, 0.25) is 0 Å². The van der Waals surface area contributed by atoms with E-state index in [1.165, 1.54) is 12.1 Å². The summed E-state index contributed by atoms with van der Waals surface area (Å²) >= 11 is 0. The number of alkyl halides is 2. The van der Waals surface area contributed by atoms with Crippen LogP contribution in [0.4, 0.5) is 18.9 Å². The van der Waals surface area contributed by atoms with Gasteiger partial charge in [0, 0.05) is 32.4 Å². The van der Waals surface area contributed by atoms with Crippen LogP contribution in [0.3, 0.4) is 0 Å². The number of rotatable bonds is 3. The van der Waals surface area contributed by atoms with Gasteiger partial charge in [0.1, 0.15) is 12.1 Å². The number of para-hydroxylation sites is 1. The van der Waals surface area contributed by atoms with E-state index in [4.69, 9.17) is 0 Å². The van der Waals surface area contributed by atoms with Crippen molar-refractivity contribution in [2.45, 2.75) is 25.2 Å². The van der Waals surface area contributed by atoms with Crippen LogP contribution in [-0.4, -0.2) is 25.3 Å². The first kappa shape index (κ1) is 12.9. The molecule has 0 saturated carbocycles. The Bertz CT molecular complexity index is 438. The average molecular weight is 257 g/mol. The first-order valence-electron chi connectivity index (χ1n) is 5.87. The second-order valence-corrected chi connectivity index (χ2v) is 4.46. The van der Waals surface area contributed by atoms with Crippen LogP contribution in [0, 0.1) is 5.82 Å². The molecule has 0 atom stereocenters. The number of benzene rings is 1. The van der Waals surface area contributed by atoms with Gasteiger partial charge in [-0.05, 0) is 11.6 Å². The van der Waals surface area contributed by atoms with Crippen molar-refractivity contribution in [1.29, 1.82) is 0 Å². The van der Waals surface area contributed by atoms with Crippen molar-refractivity contribution in [3.63, 3.8) is 0 Å². The Morgan fingerprint density at radius 1 is 1.28 bits per heavy atom. The van der Waals surface area contributed by atoms with Crippen molar-refractivity contribution in [2.24, 2.45) is 0 Å². The number of carbonyl (C=O) groups is 1. The van der Waals surface area contributed by atoms with Crippen LogP contribution in [0.2, 0.25) is 0 Å². The van der Waals surface area contributed by atoms with Gasteiger partial charge in [0.25, 0.3) is 5.92 Å². The highest BCUT2D eigenvalue weighted by Crippen LogP contribution is 2.33. The highest BCUT2D eigenvalue weighted by atomic mass is 19.3. The third-order valence-corrected chi connectivity index (χ3v) is 3.18. The third-order valence-electron chi connectivity index (χ3n) is 3.18. The zero-order valence-electron chi connectivity index (χ0n) is 9.83. The molecule has 1 heterocycles. The van der Waals surface area contributed by atoms with Gasteiger partial charge in [-0.1, -0.05) is 12.1 Å². The van der Waals surface area contributed by atoms with Crippen molar-refractivity contribution in [2.75, 3.05) is 18.0 Å². The minimum atomic E-state index is -2.66. The van der Waals surface area contributed by atoms with Crippen molar-refractivity contribution < 1.29 is 18.0 Å². The van der Waals surface area contributed by atoms with Crippen molar-refractivity contribution in [3.8, 4) is 0 Å². The van der Waals surface area contributed by atoms with Gasteiger partial charge in [-0.15, -0.1) is 0 Å². The monoisotopic (exact) mass is 257 g/mol. The Morgan fingerprint density at radius 2 is 1.94 bits per heavy atom.